The minimum atomic E-state index is -4.70. The van der Waals surface area contributed by atoms with Crippen molar-refractivity contribution in [1.29, 1.82) is 0 Å². The number of aromatic carboxylic acids is 1. The molecular formula is C24H24F4N6O4. The molecular weight excluding hydrogens is 512 g/mol. The number of aryl methyl sites for hydroxylation is 1. The van der Waals surface area contributed by atoms with Gasteiger partial charge in [0.1, 0.15) is 17.2 Å². The summed E-state index contributed by atoms with van der Waals surface area (Å²) in [7, 11) is 0. The molecule has 202 valence electrons. The van der Waals surface area contributed by atoms with Gasteiger partial charge in [0.05, 0.1) is 47.5 Å². The number of carboxylic acids is 1. The molecule has 5 N–H and O–H groups in total. The summed E-state index contributed by atoms with van der Waals surface area (Å²) in [6, 6.07) is 5.43. The van der Waals surface area contributed by atoms with Crippen molar-refractivity contribution >= 4 is 23.3 Å². The van der Waals surface area contributed by atoms with Crippen molar-refractivity contribution in [3.05, 3.63) is 77.4 Å². The highest BCUT2D eigenvalue weighted by molar-refractivity contribution is 5.87. The first kappa shape index (κ1) is 28.4. The monoisotopic (exact) mass is 536 g/mol. The molecule has 1 aromatic carbocycles. The molecule has 38 heavy (non-hydrogen) atoms. The molecule has 1 atom stereocenters. The lowest BCUT2D eigenvalue weighted by molar-refractivity contribution is -0.137. The van der Waals surface area contributed by atoms with Crippen LogP contribution in [0.25, 0.3) is 0 Å². The van der Waals surface area contributed by atoms with E-state index in [0.717, 1.165) is 12.1 Å². The average molecular weight is 536 g/mol. The summed E-state index contributed by atoms with van der Waals surface area (Å²) in [6.07, 6.45) is -0.393. The number of carboxylic acid groups (broad SMARTS) is 1. The van der Waals surface area contributed by atoms with E-state index in [9.17, 15) is 27.2 Å². The molecule has 0 saturated carbocycles. The van der Waals surface area contributed by atoms with E-state index in [-0.39, 0.29) is 36.0 Å². The van der Waals surface area contributed by atoms with E-state index in [1.165, 1.54) is 24.7 Å². The van der Waals surface area contributed by atoms with Gasteiger partial charge in [0.15, 0.2) is 0 Å². The third-order valence-electron chi connectivity index (χ3n) is 5.35. The van der Waals surface area contributed by atoms with Gasteiger partial charge in [-0.3, -0.25) is 9.78 Å². The van der Waals surface area contributed by atoms with Gasteiger partial charge < -0.3 is 26.2 Å². The van der Waals surface area contributed by atoms with E-state index in [0.29, 0.717) is 30.6 Å². The van der Waals surface area contributed by atoms with Crippen molar-refractivity contribution in [3.8, 4) is 0 Å². The fourth-order valence-electron chi connectivity index (χ4n) is 3.23. The second-order valence-electron chi connectivity index (χ2n) is 8.32. The Bertz CT molecular complexity index is 1260. The SMILES string of the molecule is Cc1ncc(C(=O)O)cn1.N[C@@]1(C(=O)NCc2ccc(Nc3ccc(F)cc3C(F)(F)F)cn2)CCOC1. The topological polar surface area (TPSA) is 152 Å². The van der Waals surface area contributed by atoms with Gasteiger partial charge in [-0.25, -0.2) is 19.2 Å². The van der Waals surface area contributed by atoms with Crippen molar-refractivity contribution in [3.63, 3.8) is 0 Å². The summed E-state index contributed by atoms with van der Waals surface area (Å²) in [6.45, 7) is 2.38. The molecule has 1 saturated heterocycles. The number of hydrogen-bond acceptors (Lipinski definition) is 8. The second kappa shape index (κ2) is 11.9. The lowest BCUT2D eigenvalue weighted by atomic mass is 9.99. The van der Waals surface area contributed by atoms with Gasteiger partial charge in [-0.15, -0.1) is 0 Å². The minimum absolute atomic E-state index is 0.114. The number of hydrogen-bond donors (Lipinski definition) is 4. The third-order valence-corrected chi connectivity index (χ3v) is 5.35. The molecule has 1 aliphatic heterocycles. The zero-order valence-corrected chi connectivity index (χ0v) is 20.1. The number of carbonyl (C=O) groups is 2. The van der Waals surface area contributed by atoms with Crippen LogP contribution in [0.2, 0.25) is 0 Å². The fourth-order valence-corrected chi connectivity index (χ4v) is 3.23. The molecule has 1 fully saturated rings. The molecule has 1 aliphatic rings. The molecule has 4 rings (SSSR count). The highest BCUT2D eigenvalue weighted by Crippen LogP contribution is 2.36. The highest BCUT2D eigenvalue weighted by atomic mass is 19.4. The fraction of sp³-hybridized carbons (Fsp3) is 0.292. The van der Waals surface area contributed by atoms with Crippen LogP contribution in [0.3, 0.4) is 0 Å². The normalized spacial score (nSPS) is 16.8. The molecule has 3 heterocycles. The largest absolute Gasteiger partial charge is 0.478 e. The van der Waals surface area contributed by atoms with Crippen LogP contribution in [0.15, 0.2) is 48.9 Å². The molecule has 1 amide bonds. The van der Waals surface area contributed by atoms with Gasteiger partial charge in [0.2, 0.25) is 5.91 Å². The summed E-state index contributed by atoms with van der Waals surface area (Å²) in [4.78, 5) is 33.9. The number of halogens is 4. The zero-order valence-electron chi connectivity index (χ0n) is 20.1. The van der Waals surface area contributed by atoms with Crippen molar-refractivity contribution in [1.82, 2.24) is 20.3 Å². The molecule has 0 unspecified atom stereocenters. The van der Waals surface area contributed by atoms with Crippen molar-refractivity contribution in [2.75, 3.05) is 18.5 Å². The average Bonchev–Trinajstić information content (AvgIpc) is 3.32. The van der Waals surface area contributed by atoms with Crippen LogP contribution < -0.4 is 16.4 Å². The van der Waals surface area contributed by atoms with Crippen LogP contribution in [0.4, 0.5) is 28.9 Å². The summed E-state index contributed by atoms with van der Waals surface area (Å²) >= 11 is 0. The molecule has 0 bridgehead atoms. The Hall–Kier alpha value is -4.17. The van der Waals surface area contributed by atoms with Gasteiger partial charge in [0, 0.05) is 19.0 Å². The quantitative estimate of drug-likeness (QED) is 0.348. The second-order valence-corrected chi connectivity index (χ2v) is 8.32. The number of carbonyl (C=O) groups excluding carboxylic acids is 1. The number of rotatable bonds is 6. The summed E-state index contributed by atoms with van der Waals surface area (Å²) in [5.74, 6) is -1.76. The Kier molecular flexibility index (Phi) is 8.91. The first-order valence-corrected chi connectivity index (χ1v) is 11.1. The Balaban J connectivity index is 0.000000336. The molecule has 0 radical (unpaired) electrons. The number of pyridine rings is 1. The number of anilines is 2. The minimum Gasteiger partial charge on any atom is -0.478 e. The van der Waals surface area contributed by atoms with Crippen LogP contribution in [-0.4, -0.2) is 50.7 Å². The standard InChI is InChI=1S/C18H18F4N4O2.C6H6N2O2/c19-11-1-4-15(14(7-11)18(20,21)22)26-13-3-2-12(24-9-13)8-25-16(27)17(23)5-6-28-10-17;1-4-7-2-5(3-8-4)6(9)10/h1-4,7,9,26H,5-6,8,10,23H2,(H,25,27);2-3H,1H3,(H,9,10)/t17-;/m0./s1. The molecule has 14 heteroatoms. The molecule has 2 aromatic heterocycles. The zero-order chi connectivity index (χ0) is 27.9. The van der Waals surface area contributed by atoms with Crippen LogP contribution in [0.1, 0.15) is 33.9 Å². The van der Waals surface area contributed by atoms with Crippen LogP contribution in [-0.2, 0) is 22.3 Å². The van der Waals surface area contributed by atoms with E-state index >= 15 is 0 Å². The maximum atomic E-state index is 13.2. The Morgan fingerprint density at radius 3 is 2.39 bits per heavy atom. The number of benzene rings is 1. The molecule has 0 aliphatic carbocycles. The smallest absolute Gasteiger partial charge is 0.418 e. The van der Waals surface area contributed by atoms with Crippen molar-refractivity contribution in [2.24, 2.45) is 5.73 Å². The first-order valence-electron chi connectivity index (χ1n) is 11.1. The number of aromatic nitrogens is 3. The van der Waals surface area contributed by atoms with Crippen LogP contribution in [0.5, 0.6) is 0 Å². The van der Waals surface area contributed by atoms with E-state index in [2.05, 4.69) is 25.6 Å². The predicted molar refractivity (Wildman–Crippen MR) is 127 cm³/mol. The maximum absolute atomic E-state index is 13.2. The van der Waals surface area contributed by atoms with Gasteiger partial charge in [-0.1, -0.05) is 0 Å². The van der Waals surface area contributed by atoms with Crippen molar-refractivity contribution in [2.45, 2.75) is 31.6 Å². The maximum Gasteiger partial charge on any atom is 0.418 e. The number of nitrogens with one attached hydrogen (secondary N) is 2. The number of ether oxygens (including phenoxy) is 1. The molecule has 3 aromatic rings. The molecule has 0 spiro atoms. The van der Waals surface area contributed by atoms with E-state index in [4.69, 9.17) is 15.6 Å². The van der Waals surface area contributed by atoms with Crippen molar-refractivity contribution < 1.29 is 37.0 Å². The lowest BCUT2D eigenvalue weighted by Gasteiger charge is -2.20. The number of amides is 1. The Labute approximate surface area is 214 Å². The first-order chi connectivity index (χ1) is 17.9. The van der Waals surface area contributed by atoms with E-state index < -0.39 is 29.1 Å². The Morgan fingerprint density at radius 2 is 1.84 bits per heavy atom. The van der Waals surface area contributed by atoms with Gasteiger partial charge in [-0.2, -0.15) is 13.2 Å². The Morgan fingerprint density at radius 1 is 1.13 bits per heavy atom. The van der Waals surface area contributed by atoms with Gasteiger partial charge in [0.25, 0.3) is 0 Å². The summed E-state index contributed by atoms with van der Waals surface area (Å²) in [5.41, 5.74) is 4.39. The lowest BCUT2D eigenvalue weighted by Crippen LogP contribution is -2.54. The van der Waals surface area contributed by atoms with E-state index in [1.807, 2.05) is 0 Å². The summed E-state index contributed by atoms with van der Waals surface area (Å²) in [5, 5.41) is 13.6. The number of alkyl halides is 3. The number of nitrogens with zero attached hydrogens (tertiary/aromatic N) is 3. The van der Waals surface area contributed by atoms with Crippen LogP contribution >= 0.6 is 0 Å². The highest BCUT2D eigenvalue weighted by Gasteiger charge is 2.38. The summed E-state index contributed by atoms with van der Waals surface area (Å²) < 4.78 is 57.4. The van der Waals surface area contributed by atoms with E-state index in [1.54, 1.807) is 13.0 Å². The molecule has 10 nitrogen and oxygen atoms in total. The number of nitrogens with two attached hydrogens (primary N) is 1. The third kappa shape index (κ3) is 7.66. The van der Waals surface area contributed by atoms with Gasteiger partial charge in [-0.05, 0) is 43.7 Å². The predicted octanol–water partition coefficient (Wildman–Crippen LogP) is 3.20. The van der Waals surface area contributed by atoms with Gasteiger partial charge >= 0.3 is 12.1 Å². The van der Waals surface area contributed by atoms with Crippen LogP contribution in [0, 0.1) is 12.7 Å².